The summed E-state index contributed by atoms with van der Waals surface area (Å²) in [6.07, 6.45) is 0.300. The van der Waals surface area contributed by atoms with Crippen LogP contribution in [0.25, 0.3) is 0 Å². The molecule has 0 fully saturated rings. The fraction of sp³-hybridized carbons (Fsp3) is 0.211. The fourth-order valence-electron chi connectivity index (χ4n) is 2.42. The monoisotopic (exact) mass is 391 g/mol. The Morgan fingerprint density at radius 3 is 2.31 bits per heavy atom. The van der Waals surface area contributed by atoms with Crippen LogP contribution in [-0.2, 0) is 11.2 Å². The number of hydrogen-bond donors (Lipinski definition) is 2. The van der Waals surface area contributed by atoms with E-state index in [4.69, 9.17) is 33.3 Å². The second-order valence-corrected chi connectivity index (χ2v) is 6.43. The maximum absolute atomic E-state index is 12.2. The molecule has 2 aromatic rings. The summed E-state index contributed by atoms with van der Waals surface area (Å²) in [4.78, 5) is 16.4. The average molecular weight is 392 g/mol. The first-order chi connectivity index (χ1) is 12.4. The summed E-state index contributed by atoms with van der Waals surface area (Å²) in [6, 6.07) is 12.3. The summed E-state index contributed by atoms with van der Waals surface area (Å²) in [5.74, 6) is 0.494. The van der Waals surface area contributed by atoms with Crippen LogP contribution in [0.5, 0.6) is 5.75 Å². The minimum atomic E-state index is -0.306. The third kappa shape index (κ3) is 5.86. The van der Waals surface area contributed by atoms with E-state index in [0.29, 0.717) is 15.8 Å². The number of ether oxygens (including phenoxy) is 1. The van der Waals surface area contributed by atoms with E-state index in [1.807, 2.05) is 24.3 Å². The number of amidine groups is 1. The number of nitrogens with zero attached hydrogens (tertiary/aromatic N) is 1. The molecule has 2 aromatic carbocycles. The van der Waals surface area contributed by atoms with Gasteiger partial charge in [-0.25, -0.2) is 0 Å². The normalized spacial score (nSPS) is 11.2. The fourth-order valence-corrected chi connectivity index (χ4v) is 2.99. The molecule has 26 heavy (non-hydrogen) atoms. The summed E-state index contributed by atoms with van der Waals surface area (Å²) in [7, 11) is 3.22. The van der Waals surface area contributed by atoms with Crippen molar-refractivity contribution in [2.45, 2.75) is 12.8 Å². The first kappa shape index (κ1) is 19.9. The molecule has 0 aromatic heterocycles. The zero-order valence-corrected chi connectivity index (χ0v) is 16.0. The molecule has 2 N–H and O–H groups in total. The smallest absolute Gasteiger partial charge is 0.231 e. The van der Waals surface area contributed by atoms with Crippen LogP contribution in [0.3, 0.4) is 0 Å². The minimum Gasteiger partial charge on any atom is -0.497 e. The Balaban J connectivity index is 1.96. The molecular weight excluding hydrogens is 373 g/mol. The number of nitrogens with one attached hydrogen (secondary N) is 2. The molecule has 2 rings (SSSR count). The lowest BCUT2D eigenvalue weighted by Gasteiger charge is -2.10. The number of carbonyl (C=O) groups is 1. The highest BCUT2D eigenvalue weighted by molar-refractivity contribution is 6.34. The van der Waals surface area contributed by atoms with Gasteiger partial charge in [-0.05, 0) is 53.6 Å². The molecule has 0 saturated heterocycles. The number of carbonyl (C=O) groups excluding carboxylic acids is 1. The minimum absolute atomic E-state index is 0.0681. The van der Waals surface area contributed by atoms with E-state index in [1.54, 1.807) is 32.4 Å². The molecule has 0 aliphatic rings. The van der Waals surface area contributed by atoms with Gasteiger partial charge in [-0.1, -0.05) is 23.2 Å². The maximum atomic E-state index is 12.2. The molecule has 0 aliphatic carbocycles. The van der Waals surface area contributed by atoms with E-state index >= 15 is 0 Å². The third-order valence-electron chi connectivity index (χ3n) is 3.61. The first-order valence-corrected chi connectivity index (χ1v) is 8.59. The Hall–Kier alpha value is -2.37. The summed E-state index contributed by atoms with van der Waals surface area (Å²) in [5.41, 5.74) is 2.22. The molecule has 0 aliphatic heterocycles. The number of halogens is 2. The lowest BCUT2D eigenvalue weighted by Crippen LogP contribution is -2.32. The highest BCUT2D eigenvalue weighted by Gasteiger charge is 2.12. The zero-order valence-electron chi connectivity index (χ0n) is 14.5. The Bertz CT molecular complexity index is 813. The summed E-state index contributed by atoms with van der Waals surface area (Å²) in [6.45, 7) is 0. The van der Waals surface area contributed by atoms with E-state index in [0.717, 1.165) is 16.9 Å². The van der Waals surface area contributed by atoms with Crippen LogP contribution < -0.4 is 10.1 Å². The van der Waals surface area contributed by atoms with Crippen LogP contribution in [-0.4, -0.2) is 31.6 Å². The Morgan fingerprint density at radius 2 is 1.77 bits per heavy atom. The van der Waals surface area contributed by atoms with Crippen LogP contribution in [0.2, 0.25) is 10.0 Å². The van der Waals surface area contributed by atoms with Crippen molar-refractivity contribution in [2.75, 3.05) is 14.2 Å². The quantitative estimate of drug-likeness (QED) is 0.573. The predicted molar refractivity (Wildman–Crippen MR) is 106 cm³/mol. The predicted octanol–water partition coefficient (Wildman–Crippen LogP) is 4.15. The first-order valence-electron chi connectivity index (χ1n) is 7.83. The molecule has 1 amide bonds. The summed E-state index contributed by atoms with van der Waals surface area (Å²) in [5, 5.41) is 11.5. The van der Waals surface area contributed by atoms with Crippen molar-refractivity contribution < 1.29 is 9.53 Å². The maximum Gasteiger partial charge on any atom is 0.231 e. The van der Waals surface area contributed by atoms with E-state index in [-0.39, 0.29) is 24.6 Å². The van der Waals surface area contributed by atoms with Crippen molar-refractivity contribution >= 4 is 40.7 Å². The Labute approximate surface area is 162 Å². The van der Waals surface area contributed by atoms with Crippen molar-refractivity contribution in [3.05, 3.63) is 63.6 Å². The van der Waals surface area contributed by atoms with Gasteiger partial charge < -0.3 is 10.1 Å². The van der Waals surface area contributed by atoms with Crippen molar-refractivity contribution in [1.29, 1.82) is 5.41 Å². The number of aliphatic imine (C=N–C) groups is 1. The van der Waals surface area contributed by atoms with Gasteiger partial charge >= 0.3 is 0 Å². The SMILES string of the molecule is CN=C(CC(=O)NC(=N)Cc1cc(Cl)cc(Cl)c1)c1ccc(OC)cc1. The van der Waals surface area contributed by atoms with E-state index in [9.17, 15) is 4.79 Å². The van der Waals surface area contributed by atoms with Gasteiger partial charge in [0.2, 0.25) is 5.91 Å². The highest BCUT2D eigenvalue weighted by atomic mass is 35.5. The summed E-state index contributed by atoms with van der Waals surface area (Å²) < 4.78 is 5.12. The number of hydrogen-bond acceptors (Lipinski definition) is 4. The molecule has 0 saturated carbocycles. The van der Waals surface area contributed by atoms with Gasteiger partial charge in [-0.3, -0.25) is 15.2 Å². The molecule has 0 spiro atoms. The molecule has 7 heteroatoms. The second kappa shape index (κ2) is 9.36. The van der Waals surface area contributed by atoms with Crippen molar-refractivity contribution in [3.8, 4) is 5.75 Å². The Kier molecular flexibility index (Phi) is 7.18. The van der Waals surface area contributed by atoms with Crippen LogP contribution in [0.1, 0.15) is 17.5 Å². The lowest BCUT2D eigenvalue weighted by molar-refractivity contribution is -0.118. The third-order valence-corrected chi connectivity index (χ3v) is 4.05. The van der Waals surface area contributed by atoms with Gasteiger partial charge in [-0.15, -0.1) is 0 Å². The van der Waals surface area contributed by atoms with Crippen LogP contribution >= 0.6 is 23.2 Å². The van der Waals surface area contributed by atoms with Gasteiger partial charge in [0.05, 0.1) is 19.2 Å². The largest absolute Gasteiger partial charge is 0.497 e. The molecule has 0 heterocycles. The molecule has 0 radical (unpaired) electrons. The topological polar surface area (TPSA) is 74.5 Å². The number of methoxy groups -OCH3 is 1. The van der Waals surface area contributed by atoms with Gasteiger partial charge in [0.25, 0.3) is 0 Å². The molecule has 136 valence electrons. The van der Waals surface area contributed by atoms with Gasteiger partial charge in [0.15, 0.2) is 0 Å². The average Bonchev–Trinajstić information content (AvgIpc) is 2.58. The number of benzene rings is 2. The van der Waals surface area contributed by atoms with E-state index in [1.165, 1.54) is 0 Å². The molecule has 0 atom stereocenters. The van der Waals surface area contributed by atoms with Crippen molar-refractivity contribution in [2.24, 2.45) is 4.99 Å². The van der Waals surface area contributed by atoms with E-state index < -0.39 is 0 Å². The van der Waals surface area contributed by atoms with Crippen molar-refractivity contribution in [1.82, 2.24) is 5.32 Å². The van der Waals surface area contributed by atoms with Gasteiger partial charge in [0.1, 0.15) is 11.6 Å². The van der Waals surface area contributed by atoms with Gasteiger partial charge in [-0.2, -0.15) is 0 Å². The summed E-state index contributed by atoms with van der Waals surface area (Å²) >= 11 is 11.9. The van der Waals surface area contributed by atoms with Crippen LogP contribution in [0.15, 0.2) is 47.5 Å². The van der Waals surface area contributed by atoms with Crippen LogP contribution in [0.4, 0.5) is 0 Å². The van der Waals surface area contributed by atoms with Gasteiger partial charge in [0, 0.05) is 23.5 Å². The van der Waals surface area contributed by atoms with Crippen molar-refractivity contribution in [3.63, 3.8) is 0 Å². The number of amides is 1. The zero-order chi connectivity index (χ0) is 19.1. The standard InChI is InChI=1S/C19H19Cl2N3O2/c1-23-17(13-3-5-16(26-2)6-4-13)11-19(25)24-18(22)9-12-7-14(20)10-15(21)8-12/h3-8,10H,9,11H2,1-2H3,(H2,22,24,25). The molecular formula is C19H19Cl2N3O2. The van der Waals surface area contributed by atoms with E-state index in [2.05, 4.69) is 10.3 Å². The Morgan fingerprint density at radius 1 is 1.15 bits per heavy atom. The molecule has 5 nitrogen and oxygen atoms in total. The molecule has 0 bridgehead atoms. The number of rotatable bonds is 6. The highest BCUT2D eigenvalue weighted by Crippen LogP contribution is 2.19. The lowest BCUT2D eigenvalue weighted by atomic mass is 10.1. The second-order valence-electron chi connectivity index (χ2n) is 5.56. The van der Waals surface area contributed by atoms with Crippen LogP contribution in [0, 0.1) is 5.41 Å². The molecule has 0 unspecified atom stereocenters.